The van der Waals surface area contributed by atoms with E-state index in [0.717, 1.165) is 90.7 Å². The predicted molar refractivity (Wildman–Crippen MR) is 286 cm³/mol. The van der Waals surface area contributed by atoms with Crippen LogP contribution < -0.4 is 10.5 Å². The zero-order chi connectivity index (χ0) is 47.2. The Kier molecular flexibility index (Phi) is 12.6. The molecule has 0 radical (unpaired) electrons. The maximum absolute atomic E-state index is 13.0. The number of hydrogen-bond acceptors (Lipinski definition) is 2. The molecule has 0 aliphatic heterocycles. The van der Waals surface area contributed by atoms with Crippen molar-refractivity contribution in [1.82, 2.24) is 10.5 Å². The van der Waals surface area contributed by atoms with Crippen molar-refractivity contribution in [3.05, 3.63) is 203 Å². The third kappa shape index (κ3) is 7.46. The van der Waals surface area contributed by atoms with Crippen LogP contribution in [0.4, 0.5) is 0 Å². The molecule has 0 fully saturated rings. The number of halogens is 2. The molecule has 10 rings (SSSR count). The zero-order valence-electron chi connectivity index (χ0n) is 38.8. The molecule has 337 valence electrons. The summed E-state index contributed by atoms with van der Waals surface area (Å²) in [6.07, 6.45) is 7.69. The SMILES string of the molecule is CCC(C)C1=Cc2c(-c3ccccc3-c3cccc4ccccc34)cccc2[CH]1[Hf]([Cl])([Cl])([B](NC=O)NC=O)[CH]1C(C(C)CC)=Cc2c(-c3ccccc3-c3cccc4ccccc34)cccc21. The van der Waals surface area contributed by atoms with Crippen molar-refractivity contribution in [2.45, 2.75) is 47.9 Å². The Morgan fingerprint density at radius 2 is 0.794 bits per heavy atom. The number of fused-ring (bicyclic) bond motifs is 4. The third-order valence-electron chi connectivity index (χ3n) is 15.3. The standard InChI is InChI=1S/2C29H25.C2H3BN2O2.2ClH.Hf/c2*1-3-20(2)23-18-22-12-9-17-28(29(22)19-23)27-15-7-6-14-26(27)25-16-8-11-21-10-4-5-13-24(21)25;6-1-4-3-5-2-7;;;/h2*4-20H,3H2,1-2H3;1-2H,(H-,4,5,6,7);2*1H;/q;;;;;+1/p-1. The first-order valence-corrected chi connectivity index (χ1v) is 39.1. The summed E-state index contributed by atoms with van der Waals surface area (Å²) in [4.78, 5) is 25.9. The monoisotopic (exact) mass is 1100 g/mol. The van der Waals surface area contributed by atoms with Gasteiger partial charge >= 0.3 is 412 Å². The molecule has 2 aliphatic rings. The van der Waals surface area contributed by atoms with Crippen LogP contribution >= 0.6 is 17.2 Å². The van der Waals surface area contributed by atoms with Gasteiger partial charge in [0.25, 0.3) is 0 Å². The second kappa shape index (κ2) is 18.6. The van der Waals surface area contributed by atoms with Crippen molar-refractivity contribution >= 4 is 68.2 Å². The van der Waals surface area contributed by atoms with Crippen molar-refractivity contribution in [2.24, 2.45) is 11.8 Å². The number of carbonyl (C=O) groups is 2. The predicted octanol–water partition coefficient (Wildman–Crippen LogP) is 15.8. The summed E-state index contributed by atoms with van der Waals surface area (Å²) in [5, 5.41) is 10.9. The van der Waals surface area contributed by atoms with E-state index in [2.05, 4.69) is 220 Å². The molecule has 0 spiro atoms. The quantitative estimate of drug-likeness (QED) is 0.0794. The number of rotatable bonds is 15. The second-order valence-corrected chi connectivity index (χ2v) is 49.2. The molecule has 2 N–H and O–H groups in total. The molecule has 4 unspecified atom stereocenters. The van der Waals surface area contributed by atoms with Gasteiger partial charge < -0.3 is 0 Å². The van der Waals surface area contributed by atoms with Crippen LogP contribution in [0.15, 0.2) is 181 Å². The van der Waals surface area contributed by atoms with Gasteiger partial charge in [0.05, 0.1) is 0 Å². The van der Waals surface area contributed by atoms with Crippen LogP contribution in [-0.4, -0.2) is 17.4 Å². The van der Waals surface area contributed by atoms with Gasteiger partial charge in [-0.1, -0.05) is 0 Å². The number of nitrogens with one attached hydrogen (secondary N) is 2. The van der Waals surface area contributed by atoms with Crippen LogP contribution in [0.5, 0.6) is 0 Å². The van der Waals surface area contributed by atoms with Crippen molar-refractivity contribution in [3.63, 3.8) is 0 Å². The number of hydrogen-bond donors (Lipinski definition) is 2. The Bertz CT molecular complexity index is 3120. The van der Waals surface area contributed by atoms with E-state index in [1.54, 1.807) is 0 Å². The van der Waals surface area contributed by atoms with Crippen LogP contribution in [0.25, 0.3) is 78.2 Å². The number of benzene rings is 8. The molecular formula is C60H54BCl2HfN2O2. The molecule has 4 atom stereocenters. The maximum atomic E-state index is 13.0. The van der Waals surface area contributed by atoms with Crippen molar-refractivity contribution in [1.29, 1.82) is 0 Å². The Labute approximate surface area is 408 Å². The minimum absolute atomic E-state index is 0.0745. The van der Waals surface area contributed by atoms with Crippen molar-refractivity contribution < 1.29 is 25.5 Å². The van der Waals surface area contributed by atoms with Gasteiger partial charge in [0, 0.05) is 0 Å². The summed E-state index contributed by atoms with van der Waals surface area (Å²) >= 11 is -6.34. The first kappa shape index (κ1) is 46.0. The van der Waals surface area contributed by atoms with Crippen molar-refractivity contribution in [3.8, 4) is 44.5 Å². The molecule has 0 saturated carbocycles. The van der Waals surface area contributed by atoms with Crippen LogP contribution in [0.1, 0.15) is 70.1 Å². The van der Waals surface area contributed by atoms with E-state index in [1.807, 2.05) is 0 Å². The van der Waals surface area contributed by atoms with Gasteiger partial charge in [-0.15, -0.1) is 0 Å². The number of carbonyl (C=O) groups excluding carboxylic acids is 2. The third-order valence-corrected chi connectivity index (χ3v) is 43.7. The fourth-order valence-corrected chi connectivity index (χ4v) is 41.4. The summed E-state index contributed by atoms with van der Waals surface area (Å²) in [5.41, 5.74) is 15.5. The topological polar surface area (TPSA) is 58.2 Å². The molecule has 0 saturated heterocycles. The molecular weight excluding hydrogens is 1040 g/mol. The first-order chi connectivity index (χ1) is 33.1. The van der Waals surface area contributed by atoms with Gasteiger partial charge in [0.15, 0.2) is 0 Å². The van der Waals surface area contributed by atoms with E-state index in [1.165, 1.54) is 21.5 Å². The molecule has 0 aromatic heterocycles. The molecule has 8 aromatic rings. The van der Waals surface area contributed by atoms with Gasteiger partial charge in [-0.05, 0) is 0 Å². The van der Waals surface area contributed by atoms with Gasteiger partial charge in [-0.3, -0.25) is 0 Å². The molecule has 4 nitrogen and oxygen atoms in total. The molecule has 0 bridgehead atoms. The van der Waals surface area contributed by atoms with E-state index in [0.29, 0.717) is 12.8 Å². The molecule has 0 heterocycles. The molecule has 8 aromatic carbocycles. The van der Waals surface area contributed by atoms with Gasteiger partial charge in [0.2, 0.25) is 0 Å². The van der Waals surface area contributed by atoms with Crippen LogP contribution in [0.2, 0.25) is 0 Å². The van der Waals surface area contributed by atoms with E-state index >= 15 is 0 Å². The van der Waals surface area contributed by atoms with Crippen LogP contribution in [0.3, 0.4) is 0 Å². The summed E-state index contributed by atoms with van der Waals surface area (Å²) in [5.74, 6) is 0.149. The van der Waals surface area contributed by atoms with Crippen LogP contribution in [0, 0.1) is 11.8 Å². The van der Waals surface area contributed by atoms with Gasteiger partial charge in [0.1, 0.15) is 0 Å². The summed E-state index contributed by atoms with van der Waals surface area (Å²) < 4.78 is -1.98. The van der Waals surface area contributed by atoms with E-state index in [-0.39, 0.29) is 11.8 Å². The zero-order valence-corrected chi connectivity index (χ0v) is 44.0. The van der Waals surface area contributed by atoms with E-state index < -0.39 is 27.8 Å². The van der Waals surface area contributed by atoms with Crippen LogP contribution in [-0.2, 0) is 25.5 Å². The fraction of sp³-hybridized carbons (Fsp3) is 0.167. The Morgan fingerprint density at radius 1 is 0.471 bits per heavy atom. The van der Waals surface area contributed by atoms with Gasteiger partial charge in [-0.2, -0.15) is 0 Å². The molecule has 2 amide bonds. The summed E-state index contributed by atoms with van der Waals surface area (Å²) in [6.45, 7) is 8.92. The summed E-state index contributed by atoms with van der Waals surface area (Å²) in [6, 6.07) is 60.4. The average Bonchev–Trinajstić information content (AvgIpc) is 4.00. The van der Waals surface area contributed by atoms with E-state index in [9.17, 15) is 9.59 Å². The molecule has 8 heteroatoms. The first-order valence-electron chi connectivity index (χ1n) is 23.9. The van der Waals surface area contributed by atoms with E-state index in [4.69, 9.17) is 17.2 Å². The Morgan fingerprint density at radius 3 is 1.19 bits per heavy atom. The Hall–Kier alpha value is -5.78. The summed E-state index contributed by atoms with van der Waals surface area (Å²) in [7, 11) is 18.0. The minimum atomic E-state index is -6.34. The second-order valence-electron chi connectivity index (χ2n) is 18.8. The molecule has 2 aliphatic carbocycles. The Balaban J connectivity index is 1.23. The van der Waals surface area contributed by atoms with Crippen molar-refractivity contribution in [2.75, 3.05) is 0 Å². The normalized spacial score (nSPS) is 16.7. The number of allylic oxidation sites excluding steroid dienone is 2. The number of amides is 2. The fourth-order valence-electron chi connectivity index (χ4n) is 11.7. The average molecular weight is 1100 g/mol. The van der Waals surface area contributed by atoms with Gasteiger partial charge in [-0.25, -0.2) is 0 Å². The molecule has 68 heavy (non-hydrogen) atoms.